The molecule has 0 heterocycles. The van der Waals surface area contributed by atoms with E-state index < -0.39 is 35.9 Å². The van der Waals surface area contributed by atoms with E-state index in [1.807, 2.05) is 11.9 Å². The molecule has 438 valence electrons. The highest BCUT2D eigenvalue weighted by atomic mass is 16.6. The second-order valence-electron chi connectivity index (χ2n) is 18.8. The van der Waals surface area contributed by atoms with Gasteiger partial charge in [-0.25, -0.2) is 10.3 Å². The first-order chi connectivity index (χ1) is 36.7. The number of alkyl carbamates (subject to hydrolysis) is 1. The monoisotopic (exact) mass is 1090 g/mol. The number of hydroxylamine groups is 1. The van der Waals surface area contributed by atoms with Gasteiger partial charge in [0.1, 0.15) is 18.7 Å². The summed E-state index contributed by atoms with van der Waals surface area (Å²) >= 11 is 0. The number of hydrogen-bond acceptors (Lipinski definition) is 17. The normalized spacial score (nSPS) is 12.5. The molecule has 0 spiro atoms. The van der Waals surface area contributed by atoms with E-state index in [4.69, 9.17) is 53.6 Å². The van der Waals surface area contributed by atoms with Crippen LogP contribution in [-0.2, 0) is 73.2 Å². The van der Waals surface area contributed by atoms with Crippen LogP contribution in [0.4, 0.5) is 10.5 Å². The molecule has 0 aliphatic rings. The fourth-order valence-electron chi connectivity index (χ4n) is 6.96. The number of carbonyl (C=O) groups is 6. The van der Waals surface area contributed by atoms with Crippen LogP contribution in [-0.4, -0.2) is 190 Å². The van der Waals surface area contributed by atoms with Gasteiger partial charge in [-0.1, -0.05) is 59.1 Å². The average Bonchev–Trinajstić information content (AvgIpc) is 3.39. The average molecular weight is 1090 g/mol. The van der Waals surface area contributed by atoms with Crippen molar-refractivity contribution in [1.82, 2.24) is 26.3 Å². The zero-order valence-corrected chi connectivity index (χ0v) is 46.5. The van der Waals surface area contributed by atoms with Crippen molar-refractivity contribution in [3.63, 3.8) is 0 Å². The minimum absolute atomic E-state index is 0.0175. The van der Waals surface area contributed by atoms with Gasteiger partial charge in [-0.3, -0.25) is 24.0 Å². The van der Waals surface area contributed by atoms with Crippen LogP contribution in [0, 0.1) is 11.8 Å². The largest absolute Gasteiger partial charge is 0.445 e. The minimum Gasteiger partial charge on any atom is -0.445 e. The lowest BCUT2D eigenvalue weighted by Gasteiger charge is -2.28. The molecule has 76 heavy (non-hydrogen) atoms. The van der Waals surface area contributed by atoms with Crippen LogP contribution in [0.3, 0.4) is 0 Å². The molecule has 23 nitrogen and oxygen atoms in total. The zero-order valence-electron chi connectivity index (χ0n) is 46.5. The first-order valence-corrected chi connectivity index (χ1v) is 27.1. The molecule has 0 unspecified atom stereocenters. The third kappa shape index (κ3) is 38.1. The molecule has 0 fully saturated rings. The standard InChI is InChI=1S/C53H95N7O16/c1-41(2)43(5)60(6)49(63)17-13-24-68-26-28-70-30-32-72-34-36-74-38-39-75-37-35-73-33-31-71-29-27-69-25-23-55-53(66)76-40-44-18-20-45(21-19-44)57-51(64)46(14-10-11-15-47(54)61)58-52(65)50(42(3)4)59-48(62)16-9-7-8-12-22-56-67/h18-21,41-43,46,50,56,67H,7-17,22-40H2,1-6H3,(H2,54,61)(H,55,66)(H,57,64)(H,58,65)(H,59,62)/t43-,46+,50+/m1/s1. The van der Waals surface area contributed by atoms with Gasteiger partial charge in [0.2, 0.25) is 29.5 Å². The quantitative estimate of drug-likeness (QED) is 0.0360. The molecule has 23 heteroatoms. The third-order valence-corrected chi connectivity index (χ3v) is 11.9. The lowest BCUT2D eigenvalue weighted by atomic mass is 10.0. The predicted octanol–water partition coefficient (Wildman–Crippen LogP) is 3.87. The van der Waals surface area contributed by atoms with Crippen LogP contribution >= 0.6 is 0 Å². The number of nitrogens with one attached hydrogen (secondary N) is 5. The fourth-order valence-corrected chi connectivity index (χ4v) is 6.96. The van der Waals surface area contributed by atoms with Crippen molar-refractivity contribution in [1.29, 1.82) is 0 Å². The van der Waals surface area contributed by atoms with E-state index >= 15 is 0 Å². The number of nitrogens with zero attached hydrogens (tertiary/aromatic N) is 1. The Morgan fingerprint density at radius 3 is 1.55 bits per heavy atom. The number of primary amides is 1. The number of rotatable bonds is 50. The summed E-state index contributed by atoms with van der Waals surface area (Å²) < 4.78 is 49.4. The molecule has 0 aliphatic carbocycles. The Bertz CT molecular complexity index is 1680. The smallest absolute Gasteiger partial charge is 0.407 e. The first-order valence-electron chi connectivity index (χ1n) is 27.1. The van der Waals surface area contributed by atoms with E-state index in [9.17, 15) is 28.8 Å². The molecule has 0 aromatic heterocycles. The van der Waals surface area contributed by atoms with Crippen LogP contribution in [0.2, 0.25) is 0 Å². The van der Waals surface area contributed by atoms with Gasteiger partial charge in [-0.05, 0) is 68.6 Å². The van der Waals surface area contributed by atoms with E-state index in [0.717, 1.165) is 19.3 Å². The van der Waals surface area contributed by atoms with Crippen molar-refractivity contribution in [3.8, 4) is 0 Å². The highest BCUT2D eigenvalue weighted by Gasteiger charge is 2.29. The summed E-state index contributed by atoms with van der Waals surface area (Å²) in [7, 11) is 1.86. The van der Waals surface area contributed by atoms with Crippen molar-refractivity contribution < 1.29 is 76.6 Å². The topological polar surface area (TPSA) is 295 Å². The van der Waals surface area contributed by atoms with Gasteiger partial charge in [-0.15, -0.1) is 0 Å². The number of nitrogens with two attached hydrogens (primary N) is 1. The molecule has 0 saturated carbocycles. The van der Waals surface area contributed by atoms with Gasteiger partial charge in [0, 0.05) is 57.7 Å². The predicted molar refractivity (Wildman–Crippen MR) is 285 cm³/mol. The van der Waals surface area contributed by atoms with Crippen LogP contribution in [0.15, 0.2) is 24.3 Å². The lowest BCUT2D eigenvalue weighted by molar-refractivity contribution is -0.133. The van der Waals surface area contributed by atoms with Crippen LogP contribution in [0.1, 0.15) is 111 Å². The number of hydrogen-bond donors (Lipinski definition) is 7. The van der Waals surface area contributed by atoms with Crippen LogP contribution in [0.25, 0.3) is 0 Å². The summed E-state index contributed by atoms with van der Waals surface area (Å²) in [5.41, 5.74) is 8.52. The molecule has 0 saturated heterocycles. The number of amides is 6. The van der Waals surface area contributed by atoms with Crippen LogP contribution in [0.5, 0.6) is 0 Å². The van der Waals surface area contributed by atoms with E-state index in [-0.39, 0.29) is 62.8 Å². The lowest BCUT2D eigenvalue weighted by Crippen LogP contribution is -2.54. The van der Waals surface area contributed by atoms with E-state index in [1.165, 1.54) is 0 Å². The molecule has 0 bridgehead atoms. The number of ether oxygens (including phenoxy) is 9. The zero-order chi connectivity index (χ0) is 56.0. The number of benzene rings is 1. The van der Waals surface area contributed by atoms with Gasteiger partial charge >= 0.3 is 6.09 Å². The Labute approximate surface area is 451 Å². The van der Waals surface area contributed by atoms with Gasteiger partial charge < -0.3 is 79.7 Å². The molecule has 8 N–H and O–H groups in total. The molecule has 0 aliphatic heterocycles. The summed E-state index contributed by atoms with van der Waals surface area (Å²) in [6, 6.07) is 5.08. The van der Waals surface area contributed by atoms with Crippen molar-refractivity contribution in [2.45, 2.75) is 130 Å². The summed E-state index contributed by atoms with van der Waals surface area (Å²) in [6.07, 6.45) is 5.13. The van der Waals surface area contributed by atoms with Gasteiger partial charge in [0.05, 0.1) is 99.1 Å². The Kier molecular flexibility index (Phi) is 42.5. The maximum Gasteiger partial charge on any atom is 0.407 e. The molecule has 3 atom stereocenters. The van der Waals surface area contributed by atoms with Gasteiger partial charge in [0.25, 0.3) is 0 Å². The Morgan fingerprint density at radius 1 is 0.553 bits per heavy atom. The second kappa shape index (κ2) is 46.5. The van der Waals surface area contributed by atoms with Crippen molar-refractivity contribution in [2.75, 3.05) is 131 Å². The van der Waals surface area contributed by atoms with E-state index in [2.05, 4.69) is 47.5 Å². The SMILES string of the molecule is CC(C)[C@H](NC(=O)CCCCCCNO)C(=O)N[C@@H](CCCCC(N)=O)C(=O)Nc1ccc(COC(=O)NCCOCCOCCOCCOCCOCCOCCOCCOCCCC(=O)N(C)[C@H](C)C(C)C)cc1. The Hall–Kier alpha value is -4.56. The van der Waals surface area contributed by atoms with Gasteiger partial charge in [-0.2, -0.15) is 0 Å². The summed E-state index contributed by atoms with van der Waals surface area (Å²) in [6.45, 7) is 17.5. The maximum absolute atomic E-state index is 13.5. The van der Waals surface area contributed by atoms with Crippen molar-refractivity contribution >= 4 is 41.3 Å². The summed E-state index contributed by atoms with van der Waals surface area (Å²) in [5, 5.41) is 19.7. The fraction of sp³-hybridized carbons (Fsp3) is 0.774. The van der Waals surface area contributed by atoms with Crippen molar-refractivity contribution in [3.05, 3.63) is 29.8 Å². The summed E-state index contributed by atoms with van der Waals surface area (Å²) in [4.78, 5) is 77.2. The van der Waals surface area contributed by atoms with Gasteiger partial charge in [0.15, 0.2) is 0 Å². The second-order valence-corrected chi connectivity index (χ2v) is 18.8. The molecule has 1 rings (SSSR count). The number of carbonyl (C=O) groups excluding carboxylic acids is 6. The summed E-state index contributed by atoms with van der Waals surface area (Å²) in [5.74, 6) is -1.39. The highest BCUT2D eigenvalue weighted by Crippen LogP contribution is 2.15. The molecule has 1 aromatic rings. The molecule has 6 amide bonds. The molecular formula is C53H95N7O16. The molecular weight excluding hydrogens is 991 g/mol. The van der Waals surface area contributed by atoms with Crippen LogP contribution < -0.4 is 32.5 Å². The Morgan fingerprint density at radius 2 is 1.05 bits per heavy atom. The minimum atomic E-state index is -0.958. The highest BCUT2D eigenvalue weighted by molar-refractivity contribution is 5.98. The first kappa shape index (κ1) is 69.5. The maximum atomic E-state index is 13.5. The molecule has 0 radical (unpaired) electrons. The molecule has 1 aromatic carbocycles. The number of anilines is 1. The van der Waals surface area contributed by atoms with Crippen molar-refractivity contribution in [2.24, 2.45) is 17.6 Å². The van der Waals surface area contributed by atoms with E-state index in [0.29, 0.717) is 155 Å². The van der Waals surface area contributed by atoms with E-state index in [1.54, 1.807) is 38.1 Å². The number of unbranched alkanes of at least 4 members (excludes halogenated alkanes) is 4. The Balaban J connectivity index is 2.11. The third-order valence-electron chi connectivity index (χ3n) is 11.9.